The van der Waals surface area contributed by atoms with E-state index >= 15 is 0 Å². The highest BCUT2D eigenvalue weighted by Gasteiger charge is 2.24. The third-order valence-electron chi connectivity index (χ3n) is 4.12. The van der Waals surface area contributed by atoms with Crippen LogP contribution in [-0.2, 0) is 5.41 Å². The summed E-state index contributed by atoms with van der Waals surface area (Å²) in [6.45, 7) is 10.3. The lowest BCUT2D eigenvalue weighted by Crippen LogP contribution is -2.26. The summed E-state index contributed by atoms with van der Waals surface area (Å²) in [5, 5.41) is 3.61. The lowest BCUT2D eigenvalue weighted by molar-refractivity contribution is 0.456. The first-order chi connectivity index (χ1) is 8.49. The highest BCUT2D eigenvalue weighted by atomic mass is 14.9. The Hall–Kier alpha value is -0.820. The largest absolute Gasteiger partial charge is 0.314 e. The molecular weight excluding hydrogens is 218 g/mol. The van der Waals surface area contributed by atoms with Crippen molar-refractivity contribution in [2.45, 2.75) is 64.3 Å². The van der Waals surface area contributed by atoms with Gasteiger partial charge in [-0.1, -0.05) is 52.0 Å². The molecule has 0 spiro atoms. The minimum Gasteiger partial charge on any atom is -0.314 e. The zero-order valence-electron chi connectivity index (χ0n) is 12.3. The summed E-state index contributed by atoms with van der Waals surface area (Å²) < 4.78 is 0. The summed E-state index contributed by atoms with van der Waals surface area (Å²) in [7, 11) is 0. The van der Waals surface area contributed by atoms with Gasteiger partial charge in [0.25, 0.3) is 0 Å². The molecular formula is C17H27N. The molecule has 0 aromatic heterocycles. The number of rotatable bonds is 6. The van der Waals surface area contributed by atoms with E-state index in [0.717, 1.165) is 12.6 Å². The van der Waals surface area contributed by atoms with E-state index in [9.17, 15) is 0 Å². The van der Waals surface area contributed by atoms with Crippen molar-refractivity contribution in [1.82, 2.24) is 5.32 Å². The molecule has 0 atom stereocenters. The predicted octanol–water partition coefficient (Wildman–Crippen LogP) is 4.23. The van der Waals surface area contributed by atoms with Crippen LogP contribution in [0.15, 0.2) is 24.3 Å². The molecule has 1 heteroatoms. The summed E-state index contributed by atoms with van der Waals surface area (Å²) in [5.41, 5.74) is 3.17. The normalized spacial score (nSPS) is 16.3. The van der Waals surface area contributed by atoms with E-state index in [-0.39, 0.29) is 5.41 Å². The Kier molecular flexibility index (Phi) is 4.11. The van der Waals surface area contributed by atoms with Crippen LogP contribution < -0.4 is 5.32 Å². The van der Waals surface area contributed by atoms with Gasteiger partial charge in [-0.05, 0) is 48.3 Å². The van der Waals surface area contributed by atoms with Crippen molar-refractivity contribution in [3.63, 3.8) is 0 Å². The van der Waals surface area contributed by atoms with Crippen LogP contribution >= 0.6 is 0 Å². The molecule has 1 aromatic rings. The maximum absolute atomic E-state index is 3.61. The van der Waals surface area contributed by atoms with Crippen molar-refractivity contribution in [2.75, 3.05) is 6.54 Å². The van der Waals surface area contributed by atoms with E-state index in [2.05, 4.69) is 57.3 Å². The van der Waals surface area contributed by atoms with Gasteiger partial charge in [0.15, 0.2) is 0 Å². The van der Waals surface area contributed by atoms with Gasteiger partial charge < -0.3 is 5.32 Å². The molecule has 1 fully saturated rings. The number of hydrogen-bond acceptors (Lipinski definition) is 1. The van der Waals surface area contributed by atoms with Crippen LogP contribution in [0.3, 0.4) is 0 Å². The molecule has 0 saturated heterocycles. The first kappa shape index (κ1) is 13.6. The monoisotopic (exact) mass is 245 g/mol. The number of benzene rings is 1. The second-order valence-electron chi connectivity index (χ2n) is 6.64. The molecule has 1 aliphatic carbocycles. The standard InChI is InChI=1S/C17H27N/c1-13(2)14-5-7-15(8-6-14)17(3,4)11-12-18-16-9-10-16/h5-8,13,16,18H,9-12H2,1-4H3. The van der Waals surface area contributed by atoms with Gasteiger partial charge in [0.2, 0.25) is 0 Å². The van der Waals surface area contributed by atoms with Crippen LogP contribution in [0, 0.1) is 0 Å². The minimum absolute atomic E-state index is 0.275. The van der Waals surface area contributed by atoms with Gasteiger partial charge in [0.1, 0.15) is 0 Å². The molecule has 0 radical (unpaired) electrons. The third-order valence-corrected chi connectivity index (χ3v) is 4.12. The average Bonchev–Trinajstić information content (AvgIpc) is 3.13. The van der Waals surface area contributed by atoms with Crippen molar-refractivity contribution >= 4 is 0 Å². The molecule has 1 aromatic carbocycles. The van der Waals surface area contributed by atoms with E-state index in [4.69, 9.17) is 0 Å². The Morgan fingerprint density at radius 1 is 1.17 bits per heavy atom. The van der Waals surface area contributed by atoms with Crippen LogP contribution in [-0.4, -0.2) is 12.6 Å². The highest BCUT2D eigenvalue weighted by Crippen LogP contribution is 2.28. The Morgan fingerprint density at radius 3 is 2.28 bits per heavy atom. The lowest BCUT2D eigenvalue weighted by atomic mass is 9.81. The fraction of sp³-hybridized carbons (Fsp3) is 0.647. The summed E-state index contributed by atoms with van der Waals surface area (Å²) in [5.74, 6) is 0.624. The van der Waals surface area contributed by atoms with Crippen LogP contribution in [0.1, 0.15) is 64.0 Å². The maximum Gasteiger partial charge on any atom is 0.00682 e. The Bertz CT molecular complexity index is 371. The Labute approximate surface area is 112 Å². The molecule has 18 heavy (non-hydrogen) atoms. The molecule has 0 unspecified atom stereocenters. The van der Waals surface area contributed by atoms with Crippen LogP contribution in [0.5, 0.6) is 0 Å². The van der Waals surface area contributed by atoms with Crippen molar-refractivity contribution in [3.8, 4) is 0 Å². The fourth-order valence-corrected chi connectivity index (χ4v) is 2.34. The molecule has 0 heterocycles. The molecule has 1 N–H and O–H groups in total. The minimum atomic E-state index is 0.275. The molecule has 1 aliphatic rings. The SMILES string of the molecule is CC(C)c1ccc(C(C)(C)CCNC2CC2)cc1. The smallest absolute Gasteiger partial charge is 0.00682 e. The van der Waals surface area contributed by atoms with Gasteiger partial charge in [-0.25, -0.2) is 0 Å². The van der Waals surface area contributed by atoms with Crippen LogP contribution in [0.25, 0.3) is 0 Å². The van der Waals surface area contributed by atoms with E-state index < -0.39 is 0 Å². The first-order valence-corrected chi connectivity index (χ1v) is 7.33. The summed E-state index contributed by atoms with van der Waals surface area (Å²) in [6, 6.07) is 10.0. The van der Waals surface area contributed by atoms with E-state index in [1.165, 1.54) is 30.4 Å². The van der Waals surface area contributed by atoms with Gasteiger partial charge in [0.05, 0.1) is 0 Å². The molecule has 2 rings (SSSR count). The first-order valence-electron chi connectivity index (χ1n) is 7.33. The summed E-state index contributed by atoms with van der Waals surface area (Å²) >= 11 is 0. The molecule has 0 bridgehead atoms. The number of nitrogens with one attached hydrogen (secondary N) is 1. The van der Waals surface area contributed by atoms with Gasteiger partial charge in [0, 0.05) is 6.04 Å². The maximum atomic E-state index is 3.61. The zero-order valence-corrected chi connectivity index (χ0v) is 12.3. The third kappa shape index (κ3) is 3.58. The van der Waals surface area contributed by atoms with E-state index in [0.29, 0.717) is 5.92 Å². The molecule has 1 saturated carbocycles. The molecule has 1 nitrogen and oxygen atoms in total. The van der Waals surface area contributed by atoms with E-state index in [1.807, 2.05) is 0 Å². The second kappa shape index (κ2) is 5.44. The lowest BCUT2D eigenvalue weighted by Gasteiger charge is -2.26. The van der Waals surface area contributed by atoms with Crippen molar-refractivity contribution in [1.29, 1.82) is 0 Å². The summed E-state index contributed by atoms with van der Waals surface area (Å²) in [6.07, 6.45) is 3.97. The Balaban J connectivity index is 1.94. The predicted molar refractivity (Wildman–Crippen MR) is 79.2 cm³/mol. The molecule has 0 amide bonds. The van der Waals surface area contributed by atoms with Crippen LogP contribution in [0.2, 0.25) is 0 Å². The van der Waals surface area contributed by atoms with Crippen molar-refractivity contribution in [2.24, 2.45) is 0 Å². The Morgan fingerprint density at radius 2 is 1.78 bits per heavy atom. The number of hydrogen-bond donors (Lipinski definition) is 1. The van der Waals surface area contributed by atoms with Gasteiger partial charge in [-0.3, -0.25) is 0 Å². The second-order valence-corrected chi connectivity index (χ2v) is 6.64. The fourth-order valence-electron chi connectivity index (χ4n) is 2.34. The topological polar surface area (TPSA) is 12.0 Å². The average molecular weight is 245 g/mol. The molecule has 0 aliphatic heterocycles. The summed E-state index contributed by atoms with van der Waals surface area (Å²) in [4.78, 5) is 0. The van der Waals surface area contributed by atoms with Gasteiger partial charge in [-0.15, -0.1) is 0 Å². The van der Waals surface area contributed by atoms with Crippen molar-refractivity contribution in [3.05, 3.63) is 35.4 Å². The van der Waals surface area contributed by atoms with Crippen molar-refractivity contribution < 1.29 is 0 Å². The van der Waals surface area contributed by atoms with Gasteiger partial charge in [-0.2, -0.15) is 0 Å². The highest BCUT2D eigenvalue weighted by molar-refractivity contribution is 5.29. The quantitative estimate of drug-likeness (QED) is 0.791. The molecule has 100 valence electrons. The van der Waals surface area contributed by atoms with Gasteiger partial charge >= 0.3 is 0 Å². The van der Waals surface area contributed by atoms with E-state index in [1.54, 1.807) is 0 Å². The zero-order chi connectivity index (χ0) is 13.2. The van der Waals surface area contributed by atoms with Crippen LogP contribution in [0.4, 0.5) is 0 Å².